The van der Waals surface area contributed by atoms with E-state index in [1.54, 1.807) is 19.1 Å². The van der Waals surface area contributed by atoms with Crippen LogP contribution in [0.4, 0.5) is 11.4 Å². The maximum Gasteiger partial charge on any atom is 0.225 e. The van der Waals surface area contributed by atoms with E-state index in [1.165, 1.54) is 0 Å². The minimum atomic E-state index is -0.0725. The smallest absolute Gasteiger partial charge is 0.225 e. The monoisotopic (exact) mass is 372 g/mol. The highest BCUT2D eigenvalue weighted by atomic mass is 16.2. The molecule has 2 N–H and O–H groups in total. The second-order valence-electron chi connectivity index (χ2n) is 6.61. The lowest BCUT2D eigenvalue weighted by molar-refractivity contribution is -0.117. The number of anilines is 2. The summed E-state index contributed by atoms with van der Waals surface area (Å²) in [6.07, 6.45) is 0.742. The van der Waals surface area contributed by atoms with Gasteiger partial charge in [0.05, 0.1) is 0 Å². The topological polar surface area (TPSA) is 58.2 Å². The van der Waals surface area contributed by atoms with Gasteiger partial charge in [-0.15, -0.1) is 0 Å². The van der Waals surface area contributed by atoms with E-state index in [9.17, 15) is 9.59 Å². The molecule has 0 atom stereocenters. The Balaban J connectivity index is 1.74. The Labute approximate surface area is 165 Å². The van der Waals surface area contributed by atoms with E-state index in [0.717, 1.165) is 11.1 Å². The Morgan fingerprint density at radius 1 is 0.714 bits per heavy atom. The predicted molar refractivity (Wildman–Crippen MR) is 113 cm³/mol. The van der Waals surface area contributed by atoms with Gasteiger partial charge in [0, 0.05) is 30.1 Å². The first-order chi connectivity index (χ1) is 13.7. The van der Waals surface area contributed by atoms with Crippen molar-refractivity contribution in [1.29, 1.82) is 0 Å². The van der Waals surface area contributed by atoms with E-state index < -0.39 is 0 Å². The minimum Gasteiger partial charge on any atom is -0.326 e. The number of carbonyl (C=O) groups excluding carboxylic acids is 2. The highest BCUT2D eigenvalue weighted by Crippen LogP contribution is 2.28. The zero-order valence-electron chi connectivity index (χ0n) is 15.9. The summed E-state index contributed by atoms with van der Waals surface area (Å²) in [6.45, 7) is 1.80. The summed E-state index contributed by atoms with van der Waals surface area (Å²) < 4.78 is 0. The van der Waals surface area contributed by atoms with Crippen LogP contribution in [0.2, 0.25) is 0 Å². The highest BCUT2D eigenvalue weighted by molar-refractivity contribution is 5.94. The van der Waals surface area contributed by atoms with Crippen LogP contribution in [0, 0.1) is 0 Å². The lowest BCUT2D eigenvalue weighted by atomic mass is 9.88. The Morgan fingerprint density at radius 3 is 1.71 bits per heavy atom. The van der Waals surface area contributed by atoms with Crippen LogP contribution < -0.4 is 10.6 Å². The molecule has 0 heterocycles. The second-order valence-corrected chi connectivity index (χ2v) is 6.61. The molecule has 0 bridgehead atoms. The van der Waals surface area contributed by atoms with Crippen molar-refractivity contribution in [3.05, 3.63) is 96.1 Å². The van der Waals surface area contributed by atoms with Crippen LogP contribution in [0.3, 0.4) is 0 Å². The molecule has 0 radical (unpaired) electrons. The molecule has 0 unspecified atom stereocenters. The van der Waals surface area contributed by atoms with Gasteiger partial charge >= 0.3 is 0 Å². The highest BCUT2D eigenvalue weighted by Gasteiger charge is 2.18. The summed E-state index contributed by atoms with van der Waals surface area (Å²) in [6, 6.07) is 27.3. The molecule has 0 saturated carbocycles. The van der Waals surface area contributed by atoms with Gasteiger partial charge in [0.1, 0.15) is 0 Å². The molecular weight excluding hydrogens is 348 g/mol. The number of benzene rings is 3. The van der Waals surface area contributed by atoms with Crippen LogP contribution in [0.25, 0.3) is 0 Å². The molecule has 4 heteroatoms. The van der Waals surface area contributed by atoms with Crippen molar-refractivity contribution in [2.24, 2.45) is 0 Å². The van der Waals surface area contributed by atoms with Crippen LogP contribution in [0.5, 0.6) is 0 Å². The summed E-state index contributed by atoms with van der Waals surface area (Å²) in [7, 11) is 0. The van der Waals surface area contributed by atoms with E-state index in [1.807, 2.05) is 72.8 Å². The summed E-state index contributed by atoms with van der Waals surface area (Å²) in [4.78, 5) is 24.3. The molecule has 0 fully saturated rings. The summed E-state index contributed by atoms with van der Waals surface area (Å²) in [5.41, 5.74) is 3.55. The number of amides is 2. The number of nitrogens with one attached hydrogen (secondary N) is 2. The maximum atomic E-state index is 12.8. The lowest BCUT2D eigenvalue weighted by Crippen LogP contribution is -2.17. The van der Waals surface area contributed by atoms with Gasteiger partial charge in [-0.3, -0.25) is 9.59 Å². The molecular formula is C24H24N2O2. The van der Waals surface area contributed by atoms with E-state index in [4.69, 9.17) is 0 Å². The number of hydrogen-bond donors (Lipinski definition) is 2. The third kappa shape index (κ3) is 5.30. The van der Waals surface area contributed by atoms with E-state index >= 15 is 0 Å². The molecule has 4 nitrogen and oxygen atoms in total. The van der Waals surface area contributed by atoms with Crippen molar-refractivity contribution < 1.29 is 9.59 Å². The molecule has 142 valence electrons. The van der Waals surface area contributed by atoms with Crippen molar-refractivity contribution >= 4 is 23.2 Å². The summed E-state index contributed by atoms with van der Waals surface area (Å²) in [5.74, 6) is -0.154. The third-order valence-corrected chi connectivity index (χ3v) is 4.54. The number of carbonyl (C=O) groups is 2. The summed E-state index contributed by atoms with van der Waals surface area (Å²) >= 11 is 0. The van der Waals surface area contributed by atoms with E-state index in [-0.39, 0.29) is 17.7 Å². The Morgan fingerprint density at radius 2 is 1.21 bits per heavy atom. The molecule has 3 aromatic carbocycles. The lowest BCUT2D eigenvalue weighted by Gasteiger charge is -2.18. The zero-order chi connectivity index (χ0) is 19.8. The van der Waals surface area contributed by atoms with Crippen LogP contribution >= 0.6 is 0 Å². The number of rotatable bonds is 7. The predicted octanol–water partition coefficient (Wildman–Crippen LogP) is 5.20. The number of hydrogen-bond acceptors (Lipinski definition) is 2. The van der Waals surface area contributed by atoms with Crippen molar-refractivity contribution in [2.75, 3.05) is 10.6 Å². The van der Waals surface area contributed by atoms with Gasteiger partial charge < -0.3 is 10.6 Å². The average Bonchev–Trinajstić information content (AvgIpc) is 2.73. The molecule has 2 amide bonds. The SMILES string of the molecule is CCC(=O)Nc1cccc(NC(=O)CC(c2ccccc2)c2ccccc2)c1. The fraction of sp³-hybridized carbons (Fsp3) is 0.167. The van der Waals surface area contributed by atoms with Crippen LogP contribution in [0.15, 0.2) is 84.9 Å². The standard InChI is InChI=1S/C24H24N2O2/c1-2-23(27)25-20-14-9-15-21(16-20)26-24(28)17-22(18-10-5-3-6-11-18)19-12-7-4-8-13-19/h3-16,22H,2,17H2,1H3,(H,25,27)(H,26,28). The van der Waals surface area contributed by atoms with E-state index in [0.29, 0.717) is 24.2 Å². The third-order valence-electron chi connectivity index (χ3n) is 4.54. The molecule has 3 aromatic rings. The van der Waals surface area contributed by atoms with Crippen LogP contribution in [-0.4, -0.2) is 11.8 Å². The molecule has 0 spiro atoms. The first-order valence-electron chi connectivity index (χ1n) is 9.45. The molecule has 0 aromatic heterocycles. The van der Waals surface area contributed by atoms with Gasteiger partial charge in [-0.1, -0.05) is 73.7 Å². The first kappa shape index (κ1) is 19.4. The van der Waals surface area contributed by atoms with Crippen molar-refractivity contribution in [2.45, 2.75) is 25.7 Å². The quantitative estimate of drug-likeness (QED) is 0.599. The van der Waals surface area contributed by atoms with Gasteiger partial charge in [-0.2, -0.15) is 0 Å². The first-order valence-corrected chi connectivity index (χ1v) is 9.45. The molecule has 28 heavy (non-hydrogen) atoms. The minimum absolute atomic E-state index is 0.0228. The second kappa shape index (κ2) is 9.51. The molecule has 0 aliphatic heterocycles. The maximum absolute atomic E-state index is 12.8. The van der Waals surface area contributed by atoms with Gasteiger partial charge in [0.25, 0.3) is 0 Å². The van der Waals surface area contributed by atoms with Crippen LogP contribution in [-0.2, 0) is 9.59 Å². The van der Waals surface area contributed by atoms with Crippen molar-refractivity contribution in [3.63, 3.8) is 0 Å². The average molecular weight is 372 g/mol. The Bertz CT molecular complexity index is 884. The fourth-order valence-corrected chi connectivity index (χ4v) is 3.12. The normalized spacial score (nSPS) is 10.5. The Hall–Kier alpha value is -3.40. The van der Waals surface area contributed by atoms with Gasteiger partial charge in [0.15, 0.2) is 0 Å². The van der Waals surface area contributed by atoms with E-state index in [2.05, 4.69) is 10.6 Å². The van der Waals surface area contributed by atoms with Crippen molar-refractivity contribution in [3.8, 4) is 0 Å². The molecule has 0 aliphatic carbocycles. The van der Waals surface area contributed by atoms with Gasteiger partial charge in [-0.25, -0.2) is 0 Å². The van der Waals surface area contributed by atoms with Gasteiger partial charge in [0.2, 0.25) is 11.8 Å². The fourth-order valence-electron chi connectivity index (χ4n) is 3.12. The summed E-state index contributed by atoms with van der Waals surface area (Å²) in [5, 5.41) is 5.76. The zero-order valence-corrected chi connectivity index (χ0v) is 15.9. The van der Waals surface area contributed by atoms with Gasteiger partial charge in [-0.05, 0) is 29.3 Å². The molecule has 0 saturated heterocycles. The largest absolute Gasteiger partial charge is 0.326 e. The molecule has 3 rings (SSSR count). The van der Waals surface area contributed by atoms with Crippen molar-refractivity contribution in [1.82, 2.24) is 0 Å². The van der Waals surface area contributed by atoms with Crippen LogP contribution in [0.1, 0.15) is 36.8 Å². The molecule has 0 aliphatic rings. The Kier molecular flexibility index (Phi) is 6.58.